The molecular weight excluding hydrogens is 120 g/mol. The van der Waals surface area contributed by atoms with Gasteiger partial charge in [-0.3, -0.25) is 0 Å². The molecule has 1 aromatic rings. The van der Waals surface area contributed by atoms with Crippen molar-refractivity contribution in [3.8, 4) is 0 Å². The van der Waals surface area contributed by atoms with Crippen molar-refractivity contribution in [1.82, 2.24) is 0 Å². The van der Waals surface area contributed by atoms with E-state index in [4.69, 9.17) is 1.37 Å². The predicted molar refractivity (Wildman–Crippen MR) is 45.2 cm³/mol. The third kappa shape index (κ3) is 1.87. The average Bonchev–Trinajstić information content (AvgIpc) is 1.85. The molecule has 0 amide bonds. The van der Waals surface area contributed by atoms with Gasteiger partial charge in [-0.25, -0.2) is 0 Å². The van der Waals surface area contributed by atoms with Crippen LogP contribution in [-0.2, 0) is 6.42 Å². The lowest BCUT2D eigenvalue weighted by Gasteiger charge is -1.97. The van der Waals surface area contributed by atoms with Gasteiger partial charge >= 0.3 is 0 Å². The van der Waals surface area contributed by atoms with Crippen molar-refractivity contribution in [2.75, 3.05) is 0 Å². The summed E-state index contributed by atoms with van der Waals surface area (Å²) in [5.41, 5.74) is 2.55. The maximum absolute atomic E-state index is 7.39. The van der Waals surface area contributed by atoms with Gasteiger partial charge in [0.2, 0.25) is 0 Å². The molecule has 1 rings (SSSR count). The van der Waals surface area contributed by atoms with Gasteiger partial charge in [0.15, 0.2) is 0 Å². The normalized spacial score (nSPS) is 14.4. The fourth-order valence-corrected chi connectivity index (χ4v) is 1.07. The summed E-state index contributed by atoms with van der Waals surface area (Å²) in [6.45, 7) is 4.00. The van der Waals surface area contributed by atoms with Crippen LogP contribution in [0.4, 0.5) is 0 Å². The third-order valence-electron chi connectivity index (χ3n) is 1.52. The molecule has 1 unspecified atom stereocenters. The van der Waals surface area contributed by atoms with Crippen LogP contribution >= 0.6 is 0 Å². The summed E-state index contributed by atoms with van der Waals surface area (Å²) in [5.74, 6) is 0. The number of rotatable bonds is 2. The van der Waals surface area contributed by atoms with Crippen molar-refractivity contribution in [2.45, 2.75) is 26.7 Å². The maximum atomic E-state index is 7.39. The molecule has 1 aromatic carbocycles. The van der Waals surface area contributed by atoms with E-state index in [1.54, 1.807) is 0 Å². The van der Waals surface area contributed by atoms with Gasteiger partial charge in [-0.1, -0.05) is 43.1 Å². The Labute approximate surface area is 64.3 Å². The highest BCUT2D eigenvalue weighted by Gasteiger charge is 1.88. The molecule has 1 atom stereocenters. The van der Waals surface area contributed by atoms with E-state index in [-0.39, 0.29) is 6.40 Å². The maximum Gasteiger partial charge on any atom is 0.0267 e. The van der Waals surface area contributed by atoms with E-state index in [1.165, 1.54) is 11.1 Å². The molecule has 0 bridgehead atoms. The van der Waals surface area contributed by atoms with Crippen LogP contribution in [0.5, 0.6) is 0 Å². The standard InChI is InChI=1S/C10H14/c1-3-5-10-7-4-6-9(2)8-10/h4,6-8H,3,5H2,1-2H3/i3D. The minimum absolute atomic E-state index is 0.0109. The molecule has 10 heavy (non-hydrogen) atoms. The summed E-state index contributed by atoms with van der Waals surface area (Å²) in [6.07, 6.45) is 0.874. The van der Waals surface area contributed by atoms with Crippen molar-refractivity contribution < 1.29 is 1.37 Å². The lowest BCUT2D eigenvalue weighted by molar-refractivity contribution is 0.920. The Morgan fingerprint density at radius 1 is 1.50 bits per heavy atom. The lowest BCUT2D eigenvalue weighted by Crippen LogP contribution is -1.82. The van der Waals surface area contributed by atoms with Gasteiger partial charge in [0.1, 0.15) is 0 Å². The van der Waals surface area contributed by atoms with E-state index >= 15 is 0 Å². The van der Waals surface area contributed by atoms with Crippen LogP contribution in [0, 0.1) is 6.92 Å². The number of benzene rings is 1. The molecule has 0 saturated heterocycles. The Bertz CT molecular complexity index is 228. The summed E-state index contributed by atoms with van der Waals surface area (Å²) < 4.78 is 7.39. The van der Waals surface area contributed by atoms with Crippen LogP contribution < -0.4 is 0 Å². The second kappa shape index (κ2) is 3.40. The zero-order valence-electron chi connectivity index (χ0n) is 7.59. The molecule has 0 N–H and O–H groups in total. The van der Waals surface area contributed by atoms with Crippen molar-refractivity contribution in [2.24, 2.45) is 0 Å². The first-order chi connectivity index (χ1) is 5.18. The molecule has 0 fully saturated rings. The highest BCUT2D eigenvalue weighted by molar-refractivity contribution is 5.21. The Kier molecular flexibility index (Phi) is 2.03. The minimum Gasteiger partial charge on any atom is -0.0651 e. The molecule has 0 radical (unpaired) electrons. The molecule has 0 aliphatic rings. The van der Waals surface area contributed by atoms with Gasteiger partial charge in [0.05, 0.1) is 0 Å². The molecule has 0 aliphatic carbocycles. The molecule has 0 aliphatic heterocycles. The largest absolute Gasteiger partial charge is 0.0651 e. The van der Waals surface area contributed by atoms with Gasteiger partial charge < -0.3 is 0 Å². The second-order valence-corrected chi connectivity index (χ2v) is 2.60. The molecule has 0 saturated carbocycles. The summed E-state index contributed by atoms with van der Waals surface area (Å²) in [6, 6.07) is 8.36. The summed E-state index contributed by atoms with van der Waals surface area (Å²) in [4.78, 5) is 0. The van der Waals surface area contributed by atoms with Crippen LogP contribution in [0.15, 0.2) is 24.3 Å². The highest BCUT2D eigenvalue weighted by atomic mass is 13.9. The number of aryl methyl sites for hydroxylation is 2. The Balaban J connectivity index is 2.71. The van der Waals surface area contributed by atoms with Gasteiger partial charge in [0.25, 0.3) is 0 Å². The number of hydrogen-bond donors (Lipinski definition) is 0. The first-order valence-electron chi connectivity index (χ1n) is 4.24. The summed E-state index contributed by atoms with van der Waals surface area (Å²) in [7, 11) is 0. The zero-order valence-corrected chi connectivity index (χ0v) is 6.59. The van der Waals surface area contributed by atoms with Crippen molar-refractivity contribution in [1.29, 1.82) is 0 Å². The highest BCUT2D eigenvalue weighted by Crippen LogP contribution is 2.05. The molecule has 0 heteroatoms. The SMILES string of the molecule is [2H]C(C)Cc1cccc(C)c1. The molecule has 54 valence electrons. The molecule has 0 spiro atoms. The molecule has 0 nitrogen and oxygen atoms in total. The van der Waals surface area contributed by atoms with E-state index in [0.29, 0.717) is 0 Å². The van der Waals surface area contributed by atoms with Crippen molar-refractivity contribution >= 4 is 0 Å². The van der Waals surface area contributed by atoms with E-state index in [1.807, 2.05) is 13.0 Å². The van der Waals surface area contributed by atoms with Crippen LogP contribution in [0.25, 0.3) is 0 Å². The van der Waals surface area contributed by atoms with Crippen LogP contribution in [0.1, 0.15) is 25.8 Å². The van der Waals surface area contributed by atoms with Crippen LogP contribution in [0.3, 0.4) is 0 Å². The first kappa shape index (κ1) is 5.96. The van der Waals surface area contributed by atoms with Crippen LogP contribution in [0.2, 0.25) is 0 Å². The monoisotopic (exact) mass is 135 g/mol. The zero-order chi connectivity index (χ0) is 8.27. The Morgan fingerprint density at radius 3 is 2.90 bits per heavy atom. The quantitative estimate of drug-likeness (QED) is 0.585. The fraction of sp³-hybridized carbons (Fsp3) is 0.400. The van der Waals surface area contributed by atoms with Crippen molar-refractivity contribution in [3.63, 3.8) is 0 Å². The summed E-state index contributed by atoms with van der Waals surface area (Å²) in [5, 5.41) is 0. The van der Waals surface area contributed by atoms with E-state index in [0.717, 1.165) is 6.42 Å². The van der Waals surface area contributed by atoms with E-state index in [9.17, 15) is 0 Å². The molecule has 0 aromatic heterocycles. The predicted octanol–water partition coefficient (Wildman–Crippen LogP) is 2.95. The van der Waals surface area contributed by atoms with E-state index < -0.39 is 0 Å². The van der Waals surface area contributed by atoms with Crippen molar-refractivity contribution in [3.05, 3.63) is 35.4 Å². The molecule has 0 heterocycles. The van der Waals surface area contributed by atoms with Gasteiger partial charge in [-0.05, 0) is 18.9 Å². The Morgan fingerprint density at radius 2 is 2.30 bits per heavy atom. The average molecular weight is 135 g/mol. The first-order valence-corrected chi connectivity index (χ1v) is 3.66. The molecular formula is C10H14. The third-order valence-corrected chi connectivity index (χ3v) is 1.52. The van der Waals surface area contributed by atoms with Gasteiger partial charge in [-0.2, -0.15) is 0 Å². The Hall–Kier alpha value is -0.780. The summed E-state index contributed by atoms with van der Waals surface area (Å²) >= 11 is 0. The van der Waals surface area contributed by atoms with Gasteiger partial charge in [0, 0.05) is 1.37 Å². The van der Waals surface area contributed by atoms with Gasteiger partial charge in [-0.15, -0.1) is 0 Å². The topological polar surface area (TPSA) is 0 Å². The van der Waals surface area contributed by atoms with E-state index in [2.05, 4.69) is 25.1 Å². The lowest BCUT2D eigenvalue weighted by atomic mass is 10.1. The fourth-order valence-electron chi connectivity index (χ4n) is 1.07. The number of hydrogen-bond acceptors (Lipinski definition) is 0. The van der Waals surface area contributed by atoms with Crippen LogP contribution in [-0.4, -0.2) is 0 Å². The second-order valence-electron chi connectivity index (χ2n) is 2.60. The minimum atomic E-state index is 0.0109. The smallest absolute Gasteiger partial charge is 0.0267 e.